The van der Waals surface area contributed by atoms with Gasteiger partial charge in [-0.05, 0) is 48.4 Å². The minimum Gasteiger partial charge on any atom is -0.485 e. The summed E-state index contributed by atoms with van der Waals surface area (Å²) in [5, 5.41) is 0.622. The van der Waals surface area contributed by atoms with E-state index < -0.39 is 6.10 Å². The van der Waals surface area contributed by atoms with Crippen LogP contribution in [0.4, 0.5) is 10.8 Å². The average molecular weight is 417 g/mol. The number of amides is 1. The van der Waals surface area contributed by atoms with Gasteiger partial charge in [0.05, 0.1) is 15.9 Å². The highest BCUT2D eigenvalue weighted by Crippen LogP contribution is 2.36. The fraction of sp³-hybridized carbons (Fsp3) is 0.167. The molecule has 30 heavy (non-hydrogen) atoms. The summed E-state index contributed by atoms with van der Waals surface area (Å²) in [6.45, 7) is 2.25. The molecule has 0 spiro atoms. The minimum atomic E-state index is -0.753. The largest absolute Gasteiger partial charge is 0.485 e. The first-order valence-corrected chi connectivity index (χ1v) is 10.7. The van der Waals surface area contributed by atoms with Crippen molar-refractivity contribution < 1.29 is 14.3 Å². The molecule has 0 fully saturated rings. The van der Waals surface area contributed by atoms with Gasteiger partial charge in [0, 0.05) is 0 Å². The van der Waals surface area contributed by atoms with E-state index in [0.717, 1.165) is 27.9 Å². The number of para-hydroxylation sites is 3. The van der Waals surface area contributed by atoms with E-state index in [4.69, 9.17) is 14.5 Å². The van der Waals surface area contributed by atoms with Gasteiger partial charge in [0.25, 0.3) is 5.91 Å². The second-order valence-corrected chi connectivity index (χ2v) is 8.03. The topological polar surface area (TPSA) is 51.7 Å². The van der Waals surface area contributed by atoms with Gasteiger partial charge in [0.2, 0.25) is 6.10 Å². The van der Waals surface area contributed by atoms with Crippen LogP contribution in [0.5, 0.6) is 11.5 Å². The molecule has 0 aliphatic carbocycles. The summed E-state index contributed by atoms with van der Waals surface area (Å²) in [6, 6.07) is 23.3. The molecule has 4 aromatic rings. The lowest BCUT2D eigenvalue weighted by Gasteiger charge is -2.29. The van der Waals surface area contributed by atoms with Gasteiger partial charge in [0.15, 0.2) is 16.6 Å². The van der Waals surface area contributed by atoms with Crippen molar-refractivity contribution in [3.05, 3.63) is 78.4 Å². The molecular formula is C24H20N2O3S. The van der Waals surface area contributed by atoms with Crippen LogP contribution in [-0.2, 0) is 11.2 Å². The Morgan fingerprint density at radius 3 is 2.70 bits per heavy atom. The van der Waals surface area contributed by atoms with Gasteiger partial charge in [-0.25, -0.2) is 4.98 Å². The molecule has 6 heteroatoms. The molecule has 0 unspecified atom stereocenters. The summed E-state index contributed by atoms with van der Waals surface area (Å²) in [6.07, 6.45) is 0.128. The van der Waals surface area contributed by atoms with Crippen LogP contribution >= 0.6 is 11.3 Å². The highest BCUT2D eigenvalue weighted by molar-refractivity contribution is 7.22. The number of aromatic nitrogens is 1. The summed E-state index contributed by atoms with van der Waals surface area (Å²) in [4.78, 5) is 20.1. The third kappa shape index (κ3) is 3.39. The van der Waals surface area contributed by atoms with E-state index in [9.17, 15) is 4.79 Å². The number of hydrogen-bond acceptors (Lipinski definition) is 5. The van der Waals surface area contributed by atoms with E-state index in [2.05, 4.69) is 13.0 Å². The van der Waals surface area contributed by atoms with Crippen LogP contribution in [-0.4, -0.2) is 23.6 Å². The predicted molar refractivity (Wildman–Crippen MR) is 119 cm³/mol. The average Bonchev–Trinajstić information content (AvgIpc) is 3.22. The lowest BCUT2D eigenvalue weighted by atomic mass is 10.1. The van der Waals surface area contributed by atoms with Crippen LogP contribution in [0.25, 0.3) is 10.2 Å². The van der Waals surface area contributed by atoms with Gasteiger partial charge in [-0.3, -0.25) is 9.69 Å². The molecule has 0 saturated carbocycles. The van der Waals surface area contributed by atoms with Crippen molar-refractivity contribution >= 4 is 38.3 Å². The number of nitrogens with zero attached hydrogens (tertiary/aromatic N) is 2. The molecule has 1 aromatic heterocycles. The molecular weight excluding hydrogens is 396 g/mol. The lowest BCUT2D eigenvalue weighted by Crippen LogP contribution is -2.44. The number of ether oxygens (including phenoxy) is 2. The van der Waals surface area contributed by atoms with Crippen molar-refractivity contribution in [1.82, 2.24) is 4.98 Å². The first-order valence-electron chi connectivity index (χ1n) is 9.90. The zero-order valence-corrected chi connectivity index (χ0v) is 17.3. The van der Waals surface area contributed by atoms with E-state index >= 15 is 0 Å². The third-order valence-corrected chi connectivity index (χ3v) is 6.08. The maximum atomic E-state index is 13.7. The van der Waals surface area contributed by atoms with Crippen LogP contribution in [0.2, 0.25) is 0 Å². The zero-order valence-electron chi connectivity index (χ0n) is 16.4. The lowest BCUT2D eigenvalue weighted by molar-refractivity contribution is -0.126. The molecule has 0 bridgehead atoms. The highest BCUT2D eigenvalue weighted by atomic mass is 32.1. The molecule has 0 saturated heterocycles. The Morgan fingerprint density at radius 2 is 1.87 bits per heavy atom. The van der Waals surface area contributed by atoms with Crippen LogP contribution < -0.4 is 14.4 Å². The van der Waals surface area contributed by atoms with Crippen LogP contribution in [0.3, 0.4) is 0 Å². The number of thiazole rings is 1. The van der Waals surface area contributed by atoms with Crippen molar-refractivity contribution in [2.24, 2.45) is 0 Å². The molecule has 2 heterocycles. The zero-order chi connectivity index (χ0) is 20.5. The molecule has 0 radical (unpaired) electrons. The first-order chi connectivity index (χ1) is 14.7. The fourth-order valence-corrected chi connectivity index (χ4v) is 4.48. The first kappa shape index (κ1) is 18.6. The normalized spacial score (nSPS) is 15.2. The number of anilines is 2. The van der Waals surface area contributed by atoms with E-state index in [1.807, 2.05) is 66.7 Å². The smallest absolute Gasteiger partial charge is 0.278 e. The van der Waals surface area contributed by atoms with E-state index in [1.54, 1.807) is 4.90 Å². The molecule has 3 aromatic carbocycles. The summed E-state index contributed by atoms with van der Waals surface area (Å²) >= 11 is 1.49. The van der Waals surface area contributed by atoms with E-state index in [0.29, 0.717) is 16.6 Å². The molecule has 1 aliphatic heterocycles. The minimum absolute atomic E-state index is 0.157. The number of rotatable bonds is 4. The highest BCUT2D eigenvalue weighted by Gasteiger charge is 2.34. The van der Waals surface area contributed by atoms with E-state index in [-0.39, 0.29) is 12.5 Å². The number of hydrogen-bond donors (Lipinski definition) is 0. The van der Waals surface area contributed by atoms with Crippen molar-refractivity contribution in [3.63, 3.8) is 0 Å². The molecule has 1 aliphatic rings. The molecule has 150 valence electrons. The van der Waals surface area contributed by atoms with Gasteiger partial charge in [-0.1, -0.05) is 54.7 Å². The molecule has 0 N–H and O–H groups in total. The Labute approximate surface area is 178 Å². The van der Waals surface area contributed by atoms with Crippen molar-refractivity contribution in [3.8, 4) is 11.5 Å². The molecule has 1 amide bonds. The fourth-order valence-electron chi connectivity index (χ4n) is 3.49. The Hall–Kier alpha value is -3.38. The Morgan fingerprint density at radius 1 is 1.07 bits per heavy atom. The number of aryl methyl sites for hydroxylation is 1. The van der Waals surface area contributed by atoms with E-state index in [1.165, 1.54) is 11.3 Å². The standard InChI is InChI=1S/C24H20N2O3S/c1-2-16-8-7-9-17(14-16)26(24-25-18-10-3-6-13-22(18)30-24)23(27)21-15-28-19-11-4-5-12-20(19)29-21/h3-14,21H,2,15H2,1H3/t21-/m0/s1. The molecule has 5 nitrogen and oxygen atoms in total. The van der Waals surface area contributed by atoms with Gasteiger partial charge in [-0.2, -0.15) is 0 Å². The maximum Gasteiger partial charge on any atom is 0.278 e. The Balaban J connectivity index is 1.56. The van der Waals surface area contributed by atoms with Gasteiger partial charge < -0.3 is 9.47 Å². The second-order valence-electron chi connectivity index (χ2n) is 7.03. The third-order valence-electron chi connectivity index (χ3n) is 5.06. The summed E-state index contributed by atoms with van der Waals surface area (Å²) < 4.78 is 12.8. The van der Waals surface area contributed by atoms with Crippen LogP contribution in [0.1, 0.15) is 12.5 Å². The van der Waals surface area contributed by atoms with Crippen LogP contribution in [0, 0.1) is 0 Å². The number of benzene rings is 3. The maximum absolute atomic E-state index is 13.7. The monoisotopic (exact) mass is 416 g/mol. The SMILES string of the molecule is CCc1cccc(N(C(=O)[C@@H]2COc3ccccc3O2)c2nc3ccccc3s2)c1. The second kappa shape index (κ2) is 7.80. The molecule has 1 atom stereocenters. The summed E-state index contributed by atoms with van der Waals surface area (Å²) in [5.41, 5.74) is 2.80. The summed E-state index contributed by atoms with van der Waals surface area (Å²) in [5.74, 6) is 1.03. The van der Waals surface area contributed by atoms with Gasteiger partial charge in [0.1, 0.15) is 6.61 Å². The number of carbonyl (C=O) groups is 1. The van der Waals surface area contributed by atoms with Gasteiger partial charge in [-0.15, -0.1) is 0 Å². The summed E-state index contributed by atoms with van der Waals surface area (Å²) in [7, 11) is 0. The quantitative estimate of drug-likeness (QED) is 0.449. The Kier molecular flexibility index (Phi) is 4.85. The van der Waals surface area contributed by atoms with Crippen molar-refractivity contribution in [2.75, 3.05) is 11.5 Å². The number of fused-ring (bicyclic) bond motifs is 2. The number of carbonyl (C=O) groups excluding carboxylic acids is 1. The molecule has 5 rings (SSSR count). The van der Waals surface area contributed by atoms with Crippen molar-refractivity contribution in [2.45, 2.75) is 19.4 Å². The predicted octanol–water partition coefficient (Wildman–Crippen LogP) is 5.36. The van der Waals surface area contributed by atoms with Crippen molar-refractivity contribution in [1.29, 1.82) is 0 Å². The Bertz CT molecular complexity index is 1190. The van der Waals surface area contributed by atoms with Crippen LogP contribution in [0.15, 0.2) is 72.8 Å². The van der Waals surface area contributed by atoms with Gasteiger partial charge >= 0.3 is 0 Å².